The quantitative estimate of drug-likeness (QED) is 0.591. The monoisotopic (exact) mass is 523 g/mol. The highest BCUT2D eigenvalue weighted by Gasteiger charge is 2.64. The number of hydrogen-bond donors (Lipinski definition) is 1. The van der Waals surface area contributed by atoms with Crippen LogP contribution in [0.15, 0.2) is 65.1 Å². The minimum Gasteiger partial charge on any atom is -0.462 e. The molecule has 7 nitrogen and oxygen atoms in total. The number of carbonyl (C=O) groups is 3. The second kappa shape index (κ2) is 8.45. The molecule has 1 amide bonds. The number of para-hydroxylation sites is 1. The lowest BCUT2D eigenvalue weighted by atomic mass is 9.60. The van der Waals surface area contributed by atoms with Crippen LogP contribution in [0.5, 0.6) is 0 Å². The number of esters is 1. The van der Waals surface area contributed by atoms with E-state index < -0.39 is 28.5 Å². The van der Waals surface area contributed by atoms with E-state index in [1.165, 1.54) is 21.9 Å². The van der Waals surface area contributed by atoms with Crippen molar-refractivity contribution in [3.63, 3.8) is 0 Å². The molecule has 1 atom stereocenters. The largest absolute Gasteiger partial charge is 0.462 e. The van der Waals surface area contributed by atoms with Gasteiger partial charge in [0.2, 0.25) is 5.91 Å². The first-order chi connectivity index (χ1) is 17.5. The van der Waals surface area contributed by atoms with Crippen LogP contribution in [0.25, 0.3) is 0 Å². The zero-order valence-electron chi connectivity index (χ0n) is 21.0. The van der Waals surface area contributed by atoms with Gasteiger partial charge in [-0.2, -0.15) is 0 Å². The highest BCUT2D eigenvalue weighted by Crippen LogP contribution is 2.58. The Morgan fingerprint density at radius 3 is 2.51 bits per heavy atom. The SMILES string of the molecule is CCOC(=O)C1=C(N)N(c2ccc(Cl)cc2F)C2=C(C(=O)CC(C)(C)C2)C12C(=O)N(C)c1ccccc12. The van der Waals surface area contributed by atoms with Crippen molar-refractivity contribution in [3.05, 3.63) is 81.5 Å². The maximum atomic E-state index is 15.4. The van der Waals surface area contributed by atoms with E-state index in [4.69, 9.17) is 22.1 Å². The molecular weight excluding hydrogens is 497 g/mol. The minimum absolute atomic E-state index is 0.0135. The average Bonchev–Trinajstić information content (AvgIpc) is 3.02. The first kappa shape index (κ1) is 25.0. The van der Waals surface area contributed by atoms with Crippen molar-refractivity contribution >= 4 is 40.6 Å². The summed E-state index contributed by atoms with van der Waals surface area (Å²) >= 11 is 6.02. The van der Waals surface area contributed by atoms with Crippen LogP contribution in [0.4, 0.5) is 15.8 Å². The zero-order valence-corrected chi connectivity index (χ0v) is 21.8. The molecule has 192 valence electrons. The van der Waals surface area contributed by atoms with Crippen LogP contribution < -0.4 is 15.5 Å². The number of nitrogens with zero attached hydrogens (tertiary/aromatic N) is 2. The third-order valence-electron chi connectivity index (χ3n) is 7.29. The lowest BCUT2D eigenvalue weighted by Gasteiger charge is -2.47. The number of carbonyl (C=O) groups excluding carboxylic acids is 3. The Labute approximate surface area is 219 Å². The van der Waals surface area contributed by atoms with Gasteiger partial charge in [0.25, 0.3) is 0 Å². The molecule has 0 aromatic heterocycles. The normalized spacial score (nSPS) is 22.5. The van der Waals surface area contributed by atoms with E-state index in [9.17, 15) is 14.4 Å². The van der Waals surface area contributed by atoms with Gasteiger partial charge in [-0.1, -0.05) is 43.6 Å². The summed E-state index contributed by atoms with van der Waals surface area (Å²) in [6.45, 7) is 5.50. The van der Waals surface area contributed by atoms with Gasteiger partial charge in [0.1, 0.15) is 22.6 Å². The summed E-state index contributed by atoms with van der Waals surface area (Å²) in [4.78, 5) is 44.7. The van der Waals surface area contributed by atoms with Gasteiger partial charge in [0.15, 0.2) is 5.78 Å². The molecule has 0 saturated heterocycles. The van der Waals surface area contributed by atoms with Gasteiger partial charge in [0, 0.05) is 41.0 Å². The molecule has 0 fully saturated rings. The molecule has 0 radical (unpaired) electrons. The second-order valence-corrected chi connectivity index (χ2v) is 10.7. The average molecular weight is 524 g/mol. The maximum Gasteiger partial charge on any atom is 0.339 e. The zero-order chi connectivity index (χ0) is 26.9. The predicted molar refractivity (Wildman–Crippen MR) is 138 cm³/mol. The van der Waals surface area contributed by atoms with Crippen molar-refractivity contribution in [1.29, 1.82) is 0 Å². The summed E-state index contributed by atoms with van der Waals surface area (Å²) in [5.41, 5.74) is 5.76. The summed E-state index contributed by atoms with van der Waals surface area (Å²) in [6.07, 6.45) is 0.452. The van der Waals surface area contributed by atoms with Crippen LogP contribution in [0, 0.1) is 11.2 Å². The molecule has 1 spiro atoms. The van der Waals surface area contributed by atoms with Gasteiger partial charge in [-0.3, -0.25) is 14.5 Å². The number of benzene rings is 2. The molecule has 2 aromatic carbocycles. The Morgan fingerprint density at radius 1 is 1.14 bits per heavy atom. The molecule has 5 rings (SSSR count). The Hall–Kier alpha value is -3.65. The number of allylic oxidation sites excluding steroid dienone is 1. The highest BCUT2D eigenvalue weighted by molar-refractivity contribution is 6.30. The van der Waals surface area contributed by atoms with Crippen LogP contribution in [0.2, 0.25) is 5.02 Å². The van der Waals surface area contributed by atoms with E-state index in [0.717, 1.165) is 6.07 Å². The number of likely N-dealkylation sites (N-methyl/N-ethyl adjacent to an activating group) is 1. The molecule has 2 N–H and O–H groups in total. The topological polar surface area (TPSA) is 92.9 Å². The Bertz CT molecular complexity index is 1450. The number of nitrogens with two attached hydrogens (primary N) is 1. The number of ether oxygens (including phenoxy) is 1. The molecule has 9 heteroatoms. The van der Waals surface area contributed by atoms with Crippen LogP contribution in [-0.4, -0.2) is 31.3 Å². The third-order valence-corrected chi connectivity index (χ3v) is 7.53. The molecule has 2 aromatic rings. The van der Waals surface area contributed by atoms with Crippen LogP contribution in [-0.2, 0) is 24.5 Å². The van der Waals surface area contributed by atoms with Gasteiger partial charge in [-0.15, -0.1) is 0 Å². The van der Waals surface area contributed by atoms with Crippen molar-refractivity contribution in [3.8, 4) is 0 Å². The molecule has 1 unspecified atom stereocenters. The highest BCUT2D eigenvalue weighted by atomic mass is 35.5. The van der Waals surface area contributed by atoms with Crippen molar-refractivity contribution in [2.75, 3.05) is 23.5 Å². The predicted octanol–water partition coefficient (Wildman–Crippen LogP) is 4.59. The van der Waals surface area contributed by atoms with Gasteiger partial charge < -0.3 is 15.4 Å². The fraction of sp³-hybridized carbons (Fsp3) is 0.321. The van der Waals surface area contributed by atoms with E-state index in [1.807, 2.05) is 13.8 Å². The molecule has 3 aliphatic rings. The standard InChI is InChI=1S/C28H27ClFN3O4/c1-5-37-25(35)23-24(31)33(19-11-10-15(29)12-17(19)30)20-13-27(2,3)14-21(34)22(20)28(23)16-8-6-7-9-18(16)32(4)26(28)36/h6-12H,5,13-14,31H2,1-4H3. The second-order valence-electron chi connectivity index (χ2n) is 10.3. The summed E-state index contributed by atoms with van der Waals surface area (Å²) in [7, 11) is 1.59. The lowest BCUT2D eigenvalue weighted by Crippen LogP contribution is -2.55. The van der Waals surface area contributed by atoms with Crippen LogP contribution in [0.1, 0.15) is 39.2 Å². The Kier molecular flexibility index (Phi) is 5.71. The van der Waals surface area contributed by atoms with Gasteiger partial charge >= 0.3 is 5.97 Å². The Morgan fingerprint density at radius 2 is 1.84 bits per heavy atom. The van der Waals surface area contributed by atoms with Gasteiger partial charge in [-0.25, -0.2) is 9.18 Å². The smallest absolute Gasteiger partial charge is 0.339 e. The number of hydrogen-bond acceptors (Lipinski definition) is 6. The number of Topliss-reactive ketones (excluding diaryl/α,β-unsaturated/α-hetero) is 1. The number of amides is 1. The number of halogens is 2. The van der Waals surface area contributed by atoms with Crippen LogP contribution >= 0.6 is 11.6 Å². The first-order valence-electron chi connectivity index (χ1n) is 12.0. The van der Waals surface area contributed by atoms with E-state index >= 15 is 4.39 Å². The summed E-state index contributed by atoms with van der Waals surface area (Å²) in [5.74, 6) is -2.49. The van der Waals surface area contributed by atoms with Crippen molar-refractivity contribution in [1.82, 2.24) is 0 Å². The number of anilines is 2. The molecule has 0 bridgehead atoms. The molecule has 37 heavy (non-hydrogen) atoms. The minimum atomic E-state index is -1.82. The Balaban J connectivity index is 1.95. The van der Waals surface area contributed by atoms with E-state index in [2.05, 4.69) is 0 Å². The molecule has 0 saturated carbocycles. The van der Waals surface area contributed by atoms with E-state index in [0.29, 0.717) is 23.4 Å². The summed E-state index contributed by atoms with van der Waals surface area (Å²) in [6, 6.07) is 11.1. The number of fused-ring (bicyclic) bond motifs is 3. The third kappa shape index (κ3) is 3.42. The first-order valence-corrected chi connectivity index (χ1v) is 12.4. The molecule has 2 aliphatic heterocycles. The van der Waals surface area contributed by atoms with E-state index in [1.54, 1.807) is 38.2 Å². The summed E-state index contributed by atoms with van der Waals surface area (Å²) < 4.78 is 20.8. The number of rotatable bonds is 3. The summed E-state index contributed by atoms with van der Waals surface area (Å²) in [5, 5.41) is 0.179. The molecular formula is C28H27ClFN3O4. The van der Waals surface area contributed by atoms with Gasteiger partial charge in [0.05, 0.1) is 12.3 Å². The van der Waals surface area contributed by atoms with Crippen molar-refractivity contribution in [2.45, 2.75) is 39.0 Å². The lowest BCUT2D eigenvalue weighted by molar-refractivity contribution is -0.140. The molecule has 1 aliphatic carbocycles. The fourth-order valence-electron chi connectivity index (χ4n) is 5.92. The molecule has 2 heterocycles. The van der Waals surface area contributed by atoms with E-state index in [-0.39, 0.29) is 46.5 Å². The van der Waals surface area contributed by atoms with Crippen LogP contribution in [0.3, 0.4) is 0 Å². The van der Waals surface area contributed by atoms with Crippen molar-refractivity contribution < 1.29 is 23.5 Å². The fourth-order valence-corrected chi connectivity index (χ4v) is 6.08. The van der Waals surface area contributed by atoms with Crippen molar-refractivity contribution in [2.24, 2.45) is 11.1 Å². The number of ketones is 1. The van der Waals surface area contributed by atoms with Gasteiger partial charge in [-0.05, 0) is 43.0 Å². The maximum absolute atomic E-state index is 15.4.